The standard InChI is InChI=1S/C17H23NO3/c19-12-16-11-18(7-8-21-16)17(20)10-13-5-6-14-3-1-2-4-15(14)9-13/h5-6,9,16,19H,1-4,7-8,10-12H2. The van der Waals surface area contributed by atoms with Crippen molar-refractivity contribution in [2.75, 3.05) is 26.3 Å². The number of aliphatic hydroxyl groups is 1. The van der Waals surface area contributed by atoms with Crippen LogP contribution in [0.15, 0.2) is 18.2 Å². The smallest absolute Gasteiger partial charge is 0.227 e. The molecule has 0 radical (unpaired) electrons. The maximum Gasteiger partial charge on any atom is 0.227 e. The average molecular weight is 289 g/mol. The first kappa shape index (κ1) is 14.5. The molecule has 21 heavy (non-hydrogen) atoms. The van der Waals surface area contributed by atoms with Crippen LogP contribution in [0, 0.1) is 0 Å². The molecule has 114 valence electrons. The third-order valence-electron chi connectivity index (χ3n) is 4.46. The predicted molar refractivity (Wildman–Crippen MR) is 80.2 cm³/mol. The molecule has 4 heteroatoms. The highest BCUT2D eigenvalue weighted by Gasteiger charge is 2.23. The van der Waals surface area contributed by atoms with E-state index < -0.39 is 0 Å². The molecule has 2 aliphatic rings. The van der Waals surface area contributed by atoms with E-state index in [1.54, 1.807) is 0 Å². The zero-order chi connectivity index (χ0) is 14.7. The van der Waals surface area contributed by atoms with E-state index in [9.17, 15) is 4.79 Å². The number of carbonyl (C=O) groups excluding carboxylic acids is 1. The first-order valence-corrected chi connectivity index (χ1v) is 7.87. The van der Waals surface area contributed by atoms with Crippen molar-refractivity contribution in [2.45, 2.75) is 38.2 Å². The molecule has 1 aliphatic heterocycles. The van der Waals surface area contributed by atoms with Crippen molar-refractivity contribution in [1.29, 1.82) is 0 Å². The molecule has 0 bridgehead atoms. The Hall–Kier alpha value is -1.39. The highest BCUT2D eigenvalue weighted by atomic mass is 16.5. The van der Waals surface area contributed by atoms with Gasteiger partial charge in [-0.1, -0.05) is 18.2 Å². The summed E-state index contributed by atoms with van der Waals surface area (Å²) in [7, 11) is 0. The van der Waals surface area contributed by atoms with Gasteiger partial charge in [-0.25, -0.2) is 0 Å². The minimum Gasteiger partial charge on any atom is -0.394 e. The summed E-state index contributed by atoms with van der Waals surface area (Å²) >= 11 is 0. The lowest BCUT2D eigenvalue weighted by Crippen LogP contribution is -2.47. The van der Waals surface area contributed by atoms with Crippen LogP contribution in [0.25, 0.3) is 0 Å². The molecule has 1 unspecified atom stereocenters. The molecule has 1 amide bonds. The van der Waals surface area contributed by atoms with Gasteiger partial charge in [0.2, 0.25) is 5.91 Å². The molecule has 1 aromatic rings. The Morgan fingerprint density at radius 3 is 2.90 bits per heavy atom. The Balaban J connectivity index is 1.64. The van der Waals surface area contributed by atoms with Gasteiger partial charge in [-0.15, -0.1) is 0 Å². The van der Waals surface area contributed by atoms with Crippen molar-refractivity contribution in [3.8, 4) is 0 Å². The van der Waals surface area contributed by atoms with Gasteiger partial charge in [-0.3, -0.25) is 4.79 Å². The van der Waals surface area contributed by atoms with Crippen molar-refractivity contribution in [2.24, 2.45) is 0 Å². The molecule has 1 fully saturated rings. The van der Waals surface area contributed by atoms with Gasteiger partial charge >= 0.3 is 0 Å². The number of aliphatic hydroxyl groups excluding tert-OH is 1. The molecule has 4 nitrogen and oxygen atoms in total. The minimum atomic E-state index is -0.230. The molecule has 1 N–H and O–H groups in total. The van der Waals surface area contributed by atoms with E-state index >= 15 is 0 Å². The monoisotopic (exact) mass is 289 g/mol. The van der Waals surface area contributed by atoms with Gasteiger partial charge in [0.1, 0.15) is 0 Å². The van der Waals surface area contributed by atoms with Crippen LogP contribution >= 0.6 is 0 Å². The minimum absolute atomic E-state index is 0.0252. The van der Waals surface area contributed by atoms with Crippen LogP contribution in [0.2, 0.25) is 0 Å². The maximum atomic E-state index is 12.4. The maximum absolute atomic E-state index is 12.4. The SMILES string of the molecule is O=C(Cc1ccc2c(c1)CCCC2)N1CCOC(CO)C1. The van der Waals surface area contributed by atoms with Crippen LogP contribution in [0.5, 0.6) is 0 Å². The second-order valence-electron chi connectivity index (χ2n) is 6.00. The molecule has 0 aromatic heterocycles. The fourth-order valence-corrected chi connectivity index (χ4v) is 3.24. The summed E-state index contributed by atoms with van der Waals surface area (Å²) in [5.74, 6) is 0.132. The van der Waals surface area contributed by atoms with Crippen LogP contribution in [0.3, 0.4) is 0 Å². The molecule has 0 saturated carbocycles. The second-order valence-corrected chi connectivity index (χ2v) is 6.00. The number of hydrogen-bond donors (Lipinski definition) is 1. The van der Waals surface area contributed by atoms with Crippen molar-refractivity contribution in [3.05, 3.63) is 34.9 Å². The van der Waals surface area contributed by atoms with E-state index in [-0.39, 0.29) is 18.6 Å². The fourth-order valence-electron chi connectivity index (χ4n) is 3.24. The lowest BCUT2D eigenvalue weighted by Gasteiger charge is -2.32. The first-order valence-electron chi connectivity index (χ1n) is 7.87. The highest BCUT2D eigenvalue weighted by molar-refractivity contribution is 5.79. The Bertz CT molecular complexity index is 515. The first-order chi connectivity index (χ1) is 10.3. The number of amides is 1. The van der Waals surface area contributed by atoms with E-state index in [0.29, 0.717) is 26.1 Å². The van der Waals surface area contributed by atoms with Crippen molar-refractivity contribution >= 4 is 5.91 Å². The summed E-state index contributed by atoms with van der Waals surface area (Å²) < 4.78 is 5.39. The summed E-state index contributed by atoms with van der Waals surface area (Å²) in [6, 6.07) is 6.48. The predicted octanol–water partition coefficient (Wildman–Crippen LogP) is 1.33. The van der Waals surface area contributed by atoms with E-state index in [1.807, 2.05) is 4.90 Å². The lowest BCUT2D eigenvalue weighted by molar-refractivity contribution is -0.139. The van der Waals surface area contributed by atoms with Gasteiger partial charge in [0.25, 0.3) is 0 Å². The topological polar surface area (TPSA) is 49.8 Å². The quantitative estimate of drug-likeness (QED) is 0.913. The Morgan fingerprint density at radius 2 is 2.10 bits per heavy atom. The van der Waals surface area contributed by atoms with Gasteiger partial charge < -0.3 is 14.7 Å². The number of fused-ring (bicyclic) bond motifs is 1. The summed E-state index contributed by atoms with van der Waals surface area (Å²) in [5, 5.41) is 9.15. The number of aryl methyl sites for hydroxylation is 2. The molecule has 1 aliphatic carbocycles. The molecule has 1 saturated heterocycles. The number of hydrogen-bond acceptors (Lipinski definition) is 3. The number of ether oxygens (including phenoxy) is 1. The van der Waals surface area contributed by atoms with Gasteiger partial charge in [0.05, 0.1) is 25.7 Å². The van der Waals surface area contributed by atoms with Crippen molar-refractivity contribution in [1.82, 2.24) is 4.90 Å². The molecule has 0 spiro atoms. The fraction of sp³-hybridized carbons (Fsp3) is 0.588. The summed E-state index contributed by atoms with van der Waals surface area (Å²) in [6.07, 6.45) is 5.07. The lowest BCUT2D eigenvalue weighted by atomic mass is 9.90. The van der Waals surface area contributed by atoms with Crippen LogP contribution in [0.4, 0.5) is 0 Å². The van der Waals surface area contributed by atoms with E-state index in [2.05, 4.69) is 18.2 Å². The van der Waals surface area contributed by atoms with Crippen molar-refractivity contribution in [3.63, 3.8) is 0 Å². The zero-order valence-corrected chi connectivity index (χ0v) is 12.4. The molecule has 1 aromatic carbocycles. The number of rotatable bonds is 3. The normalized spacial score (nSPS) is 22.0. The summed E-state index contributed by atoms with van der Waals surface area (Å²) in [6.45, 7) is 1.62. The highest BCUT2D eigenvalue weighted by Crippen LogP contribution is 2.22. The number of carbonyl (C=O) groups is 1. The average Bonchev–Trinajstić information content (AvgIpc) is 2.54. The van der Waals surface area contributed by atoms with Crippen LogP contribution < -0.4 is 0 Å². The van der Waals surface area contributed by atoms with Gasteiger partial charge in [-0.05, 0) is 42.4 Å². The number of morpholine rings is 1. The van der Waals surface area contributed by atoms with Crippen LogP contribution in [-0.4, -0.2) is 48.3 Å². The molecule has 1 heterocycles. The van der Waals surface area contributed by atoms with Crippen LogP contribution in [-0.2, 0) is 28.8 Å². The zero-order valence-electron chi connectivity index (χ0n) is 12.4. The molecule has 3 rings (SSSR count). The number of benzene rings is 1. The van der Waals surface area contributed by atoms with Crippen LogP contribution in [0.1, 0.15) is 29.5 Å². The Kier molecular flexibility index (Phi) is 4.56. The molecule has 1 atom stereocenters. The largest absolute Gasteiger partial charge is 0.394 e. The second kappa shape index (κ2) is 6.58. The summed E-state index contributed by atoms with van der Waals surface area (Å²) in [4.78, 5) is 14.2. The van der Waals surface area contributed by atoms with Gasteiger partial charge in [-0.2, -0.15) is 0 Å². The Morgan fingerprint density at radius 1 is 1.29 bits per heavy atom. The molecular formula is C17H23NO3. The van der Waals surface area contributed by atoms with Gasteiger partial charge in [0.15, 0.2) is 0 Å². The third-order valence-corrected chi connectivity index (χ3v) is 4.46. The third kappa shape index (κ3) is 3.44. The molecular weight excluding hydrogens is 266 g/mol. The number of nitrogens with zero attached hydrogens (tertiary/aromatic N) is 1. The van der Waals surface area contributed by atoms with E-state index in [4.69, 9.17) is 9.84 Å². The van der Waals surface area contributed by atoms with E-state index in [1.165, 1.54) is 30.4 Å². The van der Waals surface area contributed by atoms with Crippen molar-refractivity contribution < 1.29 is 14.6 Å². The van der Waals surface area contributed by atoms with Gasteiger partial charge in [0, 0.05) is 13.1 Å². The Labute approximate surface area is 125 Å². The van der Waals surface area contributed by atoms with E-state index in [0.717, 1.165) is 12.0 Å². The summed E-state index contributed by atoms with van der Waals surface area (Å²) in [5.41, 5.74) is 3.97.